The number of hydrogen-bond acceptors (Lipinski definition) is 3. The van der Waals surface area contributed by atoms with E-state index in [9.17, 15) is 0 Å². The highest BCUT2D eigenvalue weighted by Crippen LogP contribution is 2.15. The van der Waals surface area contributed by atoms with Gasteiger partial charge in [0.1, 0.15) is 0 Å². The van der Waals surface area contributed by atoms with Gasteiger partial charge < -0.3 is 15.0 Å². The predicted octanol–water partition coefficient (Wildman–Crippen LogP) is 1.59. The van der Waals surface area contributed by atoms with Gasteiger partial charge in [0.2, 0.25) is 0 Å². The molecule has 7 heteroatoms. The fraction of sp³-hybridized carbons (Fsp3) is 0.786. The zero-order valence-corrected chi connectivity index (χ0v) is 15.8. The van der Waals surface area contributed by atoms with E-state index in [0.29, 0.717) is 11.6 Å². The predicted molar refractivity (Wildman–Crippen MR) is 98.7 cm³/mol. The Labute approximate surface area is 149 Å². The molecule has 0 aromatic rings. The second-order valence-corrected chi connectivity index (χ2v) is 5.97. The number of nitrogens with zero attached hydrogens (tertiary/aromatic N) is 3. The monoisotopic (exact) mass is 428 g/mol. The summed E-state index contributed by atoms with van der Waals surface area (Å²) in [5.74, 6) is 1.63. The first kappa shape index (κ1) is 19.0. The molecular formula is C14H26ClIN4O. The molecule has 1 unspecified atom stereocenters. The van der Waals surface area contributed by atoms with Gasteiger partial charge in [0, 0.05) is 51.4 Å². The van der Waals surface area contributed by atoms with Crippen LogP contribution in [0.5, 0.6) is 0 Å². The lowest BCUT2D eigenvalue weighted by Gasteiger charge is -2.37. The highest BCUT2D eigenvalue weighted by Gasteiger charge is 2.23. The fourth-order valence-electron chi connectivity index (χ4n) is 2.74. The van der Waals surface area contributed by atoms with Gasteiger partial charge in [-0.25, -0.2) is 0 Å². The second-order valence-electron chi connectivity index (χ2n) is 5.44. The molecular weight excluding hydrogens is 403 g/mol. The minimum absolute atomic E-state index is 0. The quantitative estimate of drug-likeness (QED) is 0.419. The summed E-state index contributed by atoms with van der Waals surface area (Å²) in [4.78, 5) is 9.12. The Morgan fingerprint density at radius 1 is 1.38 bits per heavy atom. The van der Waals surface area contributed by atoms with E-state index in [1.165, 1.54) is 13.0 Å². The Balaban J connectivity index is 0.00000220. The Morgan fingerprint density at radius 2 is 2.10 bits per heavy atom. The topological polar surface area (TPSA) is 40.1 Å². The Bertz CT molecular complexity index is 353. The molecule has 0 bridgehead atoms. The van der Waals surface area contributed by atoms with Gasteiger partial charge in [0.25, 0.3) is 0 Å². The number of rotatable bonds is 4. The van der Waals surface area contributed by atoms with E-state index >= 15 is 0 Å². The summed E-state index contributed by atoms with van der Waals surface area (Å²) in [6.07, 6.45) is 1.21. The largest absolute Gasteiger partial charge is 0.381 e. The fourth-order valence-corrected chi connectivity index (χ4v) is 2.81. The number of nitrogens with one attached hydrogen (secondary N) is 1. The highest BCUT2D eigenvalue weighted by molar-refractivity contribution is 14.0. The number of hydrogen-bond donors (Lipinski definition) is 1. The molecule has 1 atom stereocenters. The molecule has 5 nitrogen and oxygen atoms in total. The molecule has 2 aliphatic rings. The third-order valence-corrected chi connectivity index (χ3v) is 4.00. The molecule has 21 heavy (non-hydrogen) atoms. The van der Waals surface area contributed by atoms with Crippen LogP contribution in [0, 0.1) is 5.92 Å². The molecule has 2 rings (SSSR count). The average Bonchev–Trinajstić information content (AvgIpc) is 2.94. The molecule has 1 N–H and O–H groups in total. The Morgan fingerprint density at radius 3 is 2.62 bits per heavy atom. The Kier molecular flexibility index (Phi) is 8.92. The third kappa shape index (κ3) is 6.30. The summed E-state index contributed by atoms with van der Waals surface area (Å²) in [6, 6.07) is 0. The van der Waals surface area contributed by atoms with E-state index in [2.05, 4.69) is 26.7 Å². The van der Waals surface area contributed by atoms with E-state index in [1.807, 2.05) is 7.05 Å². The summed E-state index contributed by atoms with van der Waals surface area (Å²) in [6.45, 7) is 11.4. The van der Waals surface area contributed by atoms with Crippen LogP contribution in [0.2, 0.25) is 0 Å². The van der Waals surface area contributed by atoms with Gasteiger partial charge in [-0.2, -0.15) is 0 Å². The van der Waals surface area contributed by atoms with Gasteiger partial charge >= 0.3 is 0 Å². The summed E-state index contributed by atoms with van der Waals surface area (Å²) in [7, 11) is 1.81. The minimum atomic E-state index is 0. The van der Waals surface area contributed by atoms with E-state index in [0.717, 1.165) is 51.3 Å². The number of halogens is 2. The van der Waals surface area contributed by atoms with Crippen LogP contribution >= 0.6 is 35.6 Å². The first-order valence-electron chi connectivity index (χ1n) is 7.28. The molecule has 2 heterocycles. The van der Waals surface area contributed by atoms with Crippen molar-refractivity contribution in [2.24, 2.45) is 10.9 Å². The normalized spacial score (nSPS) is 23.8. The van der Waals surface area contributed by atoms with Crippen LogP contribution in [0.1, 0.15) is 6.42 Å². The lowest BCUT2D eigenvalue weighted by atomic mass is 10.1. The van der Waals surface area contributed by atoms with Crippen LogP contribution in [0.25, 0.3) is 0 Å². The zero-order valence-electron chi connectivity index (χ0n) is 12.7. The van der Waals surface area contributed by atoms with Crippen LogP contribution in [-0.2, 0) is 4.74 Å². The summed E-state index contributed by atoms with van der Waals surface area (Å²) < 4.78 is 5.44. The zero-order chi connectivity index (χ0) is 14.4. The standard InChI is InChI=1S/C14H25ClN4O.HI/c1-12(15)9-17-14(16-2)19-6-4-18(5-7-19)10-13-3-8-20-11-13;/h13H,1,3-11H2,2H3,(H,16,17);1H. The maximum absolute atomic E-state index is 5.79. The number of aliphatic imine (C=N–C) groups is 1. The van der Waals surface area contributed by atoms with Crippen LogP contribution in [0.4, 0.5) is 0 Å². The van der Waals surface area contributed by atoms with Crippen molar-refractivity contribution < 1.29 is 4.74 Å². The molecule has 0 aliphatic carbocycles. The first-order valence-corrected chi connectivity index (χ1v) is 7.66. The molecule has 122 valence electrons. The van der Waals surface area contributed by atoms with Gasteiger partial charge in [-0.15, -0.1) is 24.0 Å². The minimum Gasteiger partial charge on any atom is -0.381 e. The van der Waals surface area contributed by atoms with Crippen molar-refractivity contribution >= 4 is 41.5 Å². The van der Waals surface area contributed by atoms with Crippen LogP contribution in [-0.4, -0.2) is 75.3 Å². The SMILES string of the molecule is C=C(Cl)CNC(=NC)N1CCN(CC2CCOC2)CC1.I. The van der Waals surface area contributed by atoms with Crippen LogP contribution in [0.15, 0.2) is 16.6 Å². The molecule has 0 amide bonds. The van der Waals surface area contributed by atoms with Gasteiger partial charge in [0.05, 0.1) is 13.2 Å². The van der Waals surface area contributed by atoms with Crippen LogP contribution in [0.3, 0.4) is 0 Å². The van der Waals surface area contributed by atoms with Crippen molar-refractivity contribution in [3.05, 3.63) is 11.6 Å². The highest BCUT2D eigenvalue weighted by atomic mass is 127. The molecule has 2 saturated heterocycles. The van der Waals surface area contributed by atoms with Gasteiger partial charge in [0.15, 0.2) is 5.96 Å². The van der Waals surface area contributed by atoms with E-state index in [4.69, 9.17) is 16.3 Å². The van der Waals surface area contributed by atoms with Gasteiger partial charge in [-0.3, -0.25) is 9.89 Å². The molecule has 2 fully saturated rings. The summed E-state index contributed by atoms with van der Waals surface area (Å²) in [5, 5.41) is 3.84. The molecule has 2 aliphatic heterocycles. The number of ether oxygens (including phenoxy) is 1. The van der Waals surface area contributed by atoms with Crippen molar-refractivity contribution in [3.63, 3.8) is 0 Å². The van der Waals surface area contributed by atoms with Crippen LogP contribution < -0.4 is 5.32 Å². The van der Waals surface area contributed by atoms with Crippen molar-refractivity contribution in [2.75, 3.05) is 59.5 Å². The third-order valence-electron chi connectivity index (χ3n) is 3.86. The van der Waals surface area contributed by atoms with Crippen molar-refractivity contribution in [3.8, 4) is 0 Å². The molecule has 0 aromatic carbocycles. The molecule has 0 radical (unpaired) electrons. The lowest BCUT2D eigenvalue weighted by Crippen LogP contribution is -2.53. The average molecular weight is 429 g/mol. The smallest absolute Gasteiger partial charge is 0.194 e. The van der Waals surface area contributed by atoms with Crippen molar-refractivity contribution in [2.45, 2.75) is 6.42 Å². The van der Waals surface area contributed by atoms with Gasteiger partial charge in [-0.1, -0.05) is 18.2 Å². The maximum Gasteiger partial charge on any atom is 0.194 e. The van der Waals surface area contributed by atoms with E-state index in [-0.39, 0.29) is 24.0 Å². The Hall–Kier alpha value is -0.0500. The summed E-state index contributed by atoms with van der Waals surface area (Å²) in [5.41, 5.74) is 0. The number of guanidine groups is 1. The van der Waals surface area contributed by atoms with Crippen molar-refractivity contribution in [1.82, 2.24) is 15.1 Å². The first-order chi connectivity index (χ1) is 9.69. The lowest BCUT2D eigenvalue weighted by molar-refractivity contribution is 0.139. The maximum atomic E-state index is 5.79. The van der Waals surface area contributed by atoms with Crippen molar-refractivity contribution in [1.29, 1.82) is 0 Å². The summed E-state index contributed by atoms with van der Waals surface area (Å²) >= 11 is 5.79. The second kappa shape index (κ2) is 9.86. The molecule has 0 saturated carbocycles. The van der Waals surface area contributed by atoms with Gasteiger partial charge in [-0.05, 0) is 12.3 Å². The molecule has 0 aromatic heterocycles. The van der Waals surface area contributed by atoms with E-state index in [1.54, 1.807) is 0 Å². The molecule has 0 spiro atoms. The van der Waals surface area contributed by atoms with E-state index < -0.39 is 0 Å². The number of piperazine rings is 1.